The van der Waals surface area contributed by atoms with Crippen molar-refractivity contribution in [1.82, 2.24) is 13.7 Å². The third-order valence-electron chi connectivity index (χ3n) is 13.6. The van der Waals surface area contributed by atoms with Crippen LogP contribution >= 0.6 is 0 Å². The number of aromatic nitrogens is 3. The van der Waals surface area contributed by atoms with Crippen LogP contribution in [-0.4, -0.2) is 21.8 Å². The summed E-state index contributed by atoms with van der Waals surface area (Å²) in [5.74, 6) is 0. The maximum atomic E-state index is 2.60. The summed E-state index contributed by atoms with van der Waals surface area (Å²) < 4.78 is 7.54. The minimum atomic E-state index is -3.10. The molecule has 300 valence electrons. The summed E-state index contributed by atoms with van der Waals surface area (Å²) in [6, 6.07) is 92.5. The molecule has 3 heterocycles. The van der Waals surface area contributed by atoms with Gasteiger partial charge in [0.05, 0.1) is 38.8 Å². The second-order valence-electron chi connectivity index (χ2n) is 16.8. The zero-order valence-electron chi connectivity index (χ0n) is 35.0. The van der Waals surface area contributed by atoms with Crippen molar-refractivity contribution in [3.05, 3.63) is 249 Å². The fourth-order valence-electron chi connectivity index (χ4n) is 11.0. The van der Waals surface area contributed by atoms with Crippen molar-refractivity contribution >= 4 is 94.2 Å². The van der Waals surface area contributed by atoms with Crippen LogP contribution in [0.3, 0.4) is 0 Å². The van der Waals surface area contributed by atoms with Gasteiger partial charge in [0.2, 0.25) is 0 Å². The lowest BCUT2D eigenvalue weighted by Gasteiger charge is -2.36. The van der Waals surface area contributed by atoms with Crippen LogP contribution in [0.4, 0.5) is 0 Å². The van der Waals surface area contributed by atoms with Crippen LogP contribution in [-0.2, 0) is 0 Å². The molecule has 13 rings (SSSR count). The molecule has 0 amide bonds. The van der Waals surface area contributed by atoms with E-state index in [-0.39, 0.29) is 0 Å². The fraction of sp³-hybridized carbons (Fsp3) is 0. The lowest BCUT2D eigenvalue weighted by Crippen LogP contribution is -2.75. The minimum absolute atomic E-state index is 1.15. The SMILES string of the molecule is c1ccc(-n2c3ccccc3c3c(-n4c5ccccc5c5cc([Si](c6ccccc6)(c6ccccc6)c6ccccc6)c(-n6c7ccccc7c7ccccc76)cc54)cccc32)cc1. The highest BCUT2D eigenvalue weighted by Crippen LogP contribution is 2.41. The molecule has 3 nitrogen and oxygen atoms in total. The van der Waals surface area contributed by atoms with Crippen molar-refractivity contribution in [3.63, 3.8) is 0 Å². The summed E-state index contributed by atoms with van der Waals surface area (Å²) in [7, 11) is -3.10. The zero-order valence-corrected chi connectivity index (χ0v) is 36.0. The van der Waals surface area contributed by atoms with Crippen LogP contribution < -0.4 is 20.7 Å². The van der Waals surface area contributed by atoms with Gasteiger partial charge in [0, 0.05) is 43.7 Å². The van der Waals surface area contributed by atoms with Crippen LogP contribution in [0.15, 0.2) is 249 Å². The summed E-state index contributed by atoms with van der Waals surface area (Å²) in [6.07, 6.45) is 0. The molecular weight excluding hydrogens is 791 g/mol. The molecule has 0 radical (unpaired) electrons. The Labute approximate surface area is 372 Å². The van der Waals surface area contributed by atoms with Gasteiger partial charge in [-0.2, -0.15) is 0 Å². The molecule has 0 aliphatic carbocycles. The van der Waals surface area contributed by atoms with Crippen molar-refractivity contribution in [3.8, 4) is 17.1 Å². The van der Waals surface area contributed by atoms with E-state index in [9.17, 15) is 0 Å². The number of nitrogens with zero attached hydrogens (tertiary/aromatic N) is 3. The van der Waals surface area contributed by atoms with Crippen molar-refractivity contribution in [2.24, 2.45) is 0 Å². The first-order valence-electron chi connectivity index (χ1n) is 22.1. The first-order chi connectivity index (χ1) is 31.8. The summed E-state index contributed by atoms with van der Waals surface area (Å²) in [6.45, 7) is 0. The Balaban J connectivity index is 1.25. The highest BCUT2D eigenvalue weighted by Gasteiger charge is 2.44. The lowest BCUT2D eigenvalue weighted by atomic mass is 10.1. The normalized spacial score (nSPS) is 12.1. The van der Waals surface area contributed by atoms with E-state index in [1.165, 1.54) is 91.9 Å². The molecule has 0 aliphatic heterocycles. The lowest BCUT2D eigenvalue weighted by molar-refractivity contribution is 1.16. The van der Waals surface area contributed by atoms with E-state index >= 15 is 0 Å². The summed E-state index contributed by atoms with van der Waals surface area (Å²) in [4.78, 5) is 0. The van der Waals surface area contributed by atoms with Gasteiger partial charge in [0.25, 0.3) is 0 Å². The quantitative estimate of drug-likeness (QED) is 0.112. The van der Waals surface area contributed by atoms with E-state index in [0.29, 0.717) is 0 Å². The van der Waals surface area contributed by atoms with Gasteiger partial charge in [0.15, 0.2) is 8.07 Å². The largest absolute Gasteiger partial charge is 0.309 e. The highest BCUT2D eigenvalue weighted by atomic mass is 28.3. The fourth-order valence-corrected chi connectivity index (χ4v) is 15.9. The van der Waals surface area contributed by atoms with Crippen LogP contribution in [0.1, 0.15) is 0 Å². The van der Waals surface area contributed by atoms with Crippen molar-refractivity contribution in [1.29, 1.82) is 0 Å². The Morgan fingerprint density at radius 3 is 1.16 bits per heavy atom. The number of hydrogen-bond acceptors (Lipinski definition) is 0. The van der Waals surface area contributed by atoms with Crippen LogP contribution in [0.2, 0.25) is 0 Å². The number of para-hydroxylation sites is 5. The van der Waals surface area contributed by atoms with Crippen LogP contribution in [0.25, 0.3) is 82.5 Å². The topological polar surface area (TPSA) is 14.8 Å². The maximum absolute atomic E-state index is 3.10. The number of benzene rings is 10. The van der Waals surface area contributed by atoms with E-state index in [1.807, 2.05) is 0 Å². The van der Waals surface area contributed by atoms with E-state index in [4.69, 9.17) is 0 Å². The second-order valence-corrected chi connectivity index (χ2v) is 20.6. The van der Waals surface area contributed by atoms with Crippen molar-refractivity contribution in [2.75, 3.05) is 0 Å². The molecular formula is C60H41N3Si. The Morgan fingerprint density at radius 1 is 0.250 bits per heavy atom. The van der Waals surface area contributed by atoms with Crippen molar-refractivity contribution < 1.29 is 0 Å². The first-order valence-corrected chi connectivity index (χ1v) is 24.1. The van der Waals surface area contributed by atoms with Gasteiger partial charge in [-0.1, -0.05) is 188 Å². The molecule has 0 aliphatic rings. The molecule has 4 heteroatoms. The Bertz CT molecular complexity index is 3730. The van der Waals surface area contributed by atoms with Gasteiger partial charge in [-0.3, -0.25) is 0 Å². The van der Waals surface area contributed by atoms with Crippen LogP contribution in [0.5, 0.6) is 0 Å². The minimum Gasteiger partial charge on any atom is -0.309 e. The molecule has 3 aromatic heterocycles. The van der Waals surface area contributed by atoms with E-state index in [0.717, 1.165) is 11.4 Å². The summed E-state index contributed by atoms with van der Waals surface area (Å²) >= 11 is 0. The summed E-state index contributed by atoms with van der Waals surface area (Å²) in [5.41, 5.74) is 10.6. The molecule has 0 saturated heterocycles. The predicted octanol–water partition coefficient (Wildman–Crippen LogP) is 12.4. The van der Waals surface area contributed by atoms with Crippen molar-refractivity contribution in [2.45, 2.75) is 0 Å². The second kappa shape index (κ2) is 14.5. The number of rotatable bonds is 7. The number of hydrogen-bond donors (Lipinski definition) is 0. The van der Waals surface area contributed by atoms with Gasteiger partial charge >= 0.3 is 0 Å². The smallest absolute Gasteiger partial charge is 0.181 e. The van der Waals surface area contributed by atoms with Gasteiger partial charge in [0.1, 0.15) is 0 Å². The Hall–Kier alpha value is -8.18. The maximum Gasteiger partial charge on any atom is 0.181 e. The van der Waals surface area contributed by atoms with Gasteiger partial charge in [-0.15, -0.1) is 0 Å². The Morgan fingerprint density at radius 2 is 0.641 bits per heavy atom. The van der Waals surface area contributed by atoms with E-state index in [1.54, 1.807) is 0 Å². The van der Waals surface area contributed by atoms with E-state index < -0.39 is 8.07 Å². The van der Waals surface area contributed by atoms with Gasteiger partial charge in [-0.25, -0.2) is 0 Å². The van der Waals surface area contributed by atoms with Gasteiger partial charge < -0.3 is 13.7 Å². The third kappa shape index (κ3) is 5.21. The highest BCUT2D eigenvalue weighted by molar-refractivity contribution is 7.20. The molecule has 13 aromatic rings. The molecule has 0 saturated carbocycles. The van der Waals surface area contributed by atoms with Crippen LogP contribution in [0, 0.1) is 0 Å². The van der Waals surface area contributed by atoms with Gasteiger partial charge in [-0.05, 0) is 81.4 Å². The number of fused-ring (bicyclic) bond motifs is 9. The molecule has 0 N–H and O–H groups in total. The molecule has 0 unspecified atom stereocenters. The third-order valence-corrected chi connectivity index (χ3v) is 18.4. The average Bonchev–Trinajstić information content (AvgIpc) is 4.01. The first kappa shape index (κ1) is 36.5. The molecule has 0 spiro atoms. The van der Waals surface area contributed by atoms with E-state index in [2.05, 4.69) is 262 Å². The zero-order chi connectivity index (χ0) is 42.2. The monoisotopic (exact) mass is 831 g/mol. The molecule has 0 fully saturated rings. The molecule has 0 bridgehead atoms. The molecule has 0 atom stereocenters. The summed E-state index contributed by atoms with van der Waals surface area (Å²) in [5, 5.41) is 12.8. The molecule has 64 heavy (non-hydrogen) atoms. The average molecular weight is 832 g/mol. The Kier molecular flexibility index (Phi) is 8.23. The molecule has 10 aromatic carbocycles. The predicted molar refractivity (Wildman–Crippen MR) is 273 cm³/mol. The standard InChI is InChI=1S/C60H41N3Si/c1-5-22-42(23-6-1)61-54-37-20-16-33-49(54)60-55(61)38-21-39-56(60)63-53-36-19-15-32-48(53)50-40-59(58(41-57(50)63)62-51-34-17-13-30-46(51)47-31-14-18-35-52(47)62)64(43-24-7-2-8-25-43,44-26-9-3-10-27-44)45-28-11-4-12-29-45/h1-41H.